The molecule has 3 nitrogen and oxygen atoms in total. The van der Waals surface area contributed by atoms with Crippen LogP contribution in [-0.4, -0.2) is 22.6 Å². The highest BCUT2D eigenvalue weighted by Crippen LogP contribution is 2.25. The predicted octanol–water partition coefficient (Wildman–Crippen LogP) is 2.19. The lowest BCUT2D eigenvalue weighted by Gasteiger charge is -2.10. The molecule has 0 aliphatic carbocycles. The van der Waals surface area contributed by atoms with Gasteiger partial charge in [-0.25, -0.2) is 13.5 Å². The van der Waals surface area contributed by atoms with E-state index in [0.717, 1.165) is 0 Å². The first-order chi connectivity index (χ1) is 6.79. The zero-order chi connectivity index (χ0) is 11.6. The molecule has 0 saturated carbocycles. The Balaban J connectivity index is 2.89. The topological polar surface area (TPSA) is 27.1 Å². The smallest absolute Gasteiger partial charge is 0.385 e. The molecule has 0 amide bonds. The van der Waals surface area contributed by atoms with Crippen LogP contribution in [0, 0.1) is 5.82 Å². The first-order valence-electron chi connectivity index (χ1n) is 3.55. The summed E-state index contributed by atoms with van der Waals surface area (Å²) < 4.78 is 74.7. The molecule has 0 radical (unpaired) electrons. The predicted molar refractivity (Wildman–Crippen MR) is 34.9 cm³/mol. The Kier molecular flexibility index (Phi) is 3.10. The Labute approximate surface area is 79.2 Å². The number of hydrogen-bond donors (Lipinski definition) is 0. The SMILES string of the molecule is Fc1cnn(CC(F)F)c1OC(F)(F)F. The van der Waals surface area contributed by atoms with Crippen molar-refractivity contribution in [1.82, 2.24) is 9.78 Å². The van der Waals surface area contributed by atoms with Gasteiger partial charge in [-0.3, -0.25) is 0 Å². The van der Waals surface area contributed by atoms with Crippen LogP contribution in [0.2, 0.25) is 0 Å². The van der Waals surface area contributed by atoms with Gasteiger partial charge in [-0.15, -0.1) is 13.2 Å². The van der Waals surface area contributed by atoms with Crippen LogP contribution in [0.25, 0.3) is 0 Å². The van der Waals surface area contributed by atoms with Gasteiger partial charge in [0.2, 0.25) is 5.82 Å². The molecule has 1 aromatic heterocycles. The van der Waals surface area contributed by atoms with E-state index in [-0.39, 0.29) is 4.68 Å². The molecule has 86 valence electrons. The van der Waals surface area contributed by atoms with Gasteiger partial charge in [-0.05, 0) is 0 Å². The molecule has 1 heterocycles. The average Bonchev–Trinajstić information content (AvgIpc) is 2.32. The van der Waals surface area contributed by atoms with Gasteiger partial charge in [0.05, 0.1) is 6.20 Å². The van der Waals surface area contributed by atoms with Crippen LogP contribution in [0.3, 0.4) is 0 Å². The van der Waals surface area contributed by atoms with Crippen LogP contribution in [0.1, 0.15) is 0 Å². The maximum atomic E-state index is 12.6. The van der Waals surface area contributed by atoms with Gasteiger partial charge >= 0.3 is 6.36 Å². The second kappa shape index (κ2) is 3.99. The minimum atomic E-state index is -5.15. The Hall–Kier alpha value is -1.41. The number of halogens is 6. The van der Waals surface area contributed by atoms with E-state index in [9.17, 15) is 26.3 Å². The summed E-state index contributed by atoms with van der Waals surface area (Å²) in [5.74, 6) is -2.82. The molecule has 9 heteroatoms. The van der Waals surface area contributed by atoms with Crippen molar-refractivity contribution >= 4 is 0 Å². The van der Waals surface area contributed by atoms with E-state index < -0.39 is 31.0 Å². The molecule has 1 aromatic rings. The minimum Gasteiger partial charge on any atom is -0.385 e. The molecule has 15 heavy (non-hydrogen) atoms. The Morgan fingerprint density at radius 3 is 2.47 bits per heavy atom. The summed E-state index contributed by atoms with van der Waals surface area (Å²) in [4.78, 5) is 0. The molecule has 0 atom stereocenters. The van der Waals surface area contributed by atoms with Gasteiger partial charge in [0.1, 0.15) is 6.54 Å². The fraction of sp³-hybridized carbons (Fsp3) is 0.500. The summed E-state index contributed by atoms with van der Waals surface area (Å²) >= 11 is 0. The van der Waals surface area contributed by atoms with Crippen LogP contribution in [0.15, 0.2) is 6.20 Å². The molecule has 0 bridgehead atoms. The Morgan fingerprint density at radius 2 is 2.00 bits per heavy atom. The molecule has 0 aliphatic heterocycles. The summed E-state index contributed by atoms with van der Waals surface area (Å²) in [6.45, 7) is -1.17. The molecule has 0 aromatic carbocycles. The normalized spacial score (nSPS) is 12.2. The number of rotatable bonds is 3. The monoisotopic (exact) mass is 234 g/mol. The fourth-order valence-corrected chi connectivity index (χ4v) is 0.823. The van der Waals surface area contributed by atoms with Crippen LogP contribution in [-0.2, 0) is 6.54 Å². The highest BCUT2D eigenvalue weighted by Gasteiger charge is 2.34. The van der Waals surface area contributed by atoms with Crippen molar-refractivity contribution in [3.05, 3.63) is 12.0 Å². The second-order valence-electron chi connectivity index (χ2n) is 2.42. The lowest BCUT2D eigenvalue weighted by Crippen LogP contribution is -2.21. The largest absolute Gasteiger partial charge is 0.574 e. The summed E-state index contributed by atoms with van der Waals surface area (Å²) in [5, 5.41) is 2.98. The quantitative estimate of drug-likeness (QED) is 0.749. The maximum absolute atomic E-state index is 12.6. The van der Waals surface area contributed by atoms with Gasteiger partial charge in [0, 0.05) is 0 Å². The van der Waals surface area contributed by atoms with Crippen LogP contribution in [0.5, 0.6) is 5.88 Å². The number of alkyl halides is 5. The van der Waals surface area contributed by atoms with Crippen molar-refractivity contribution in [2.45, 2.75) is 19.3 Å². The molecule has 0 aliphatic rings. The van der Waals surface area contributed by atoms with E-state index in [1.54, 1.807) is 0 Å². The maximum Gasteiger partial charge on any atom is 0.574 e. The van der Waals surface area contributed by atoms with Gasteiger partial charge in [0.25, 0.3) is 12.3 Å². The van der Waals surface area contributed by atoms with Crippen LogP contribution < -0.4 is 4.74 Å². The summed E-state index contributed by atoms with van der Waals surface area (Å²) in [7, 11) is 0. The van der Waals surface area contributed by atoms with Gasteiger partial charge < -0.3 is 4.74 Å². The molecular formula is C6H4F6N2O. The molecule has 0 unspecified atom stereocenters. The third-order valence-electron chi connectivity index (χ3n) is 1.27. The van der Waals surface area contributed by atoms with E-state index >= 15 is 0 Å². The number of nitrogens with zero attached hydrogens (tertiary/aromatic N) is 2. The van der Waals surface area contributed by atoms with Crippen LogP contribution >= 0.6 is 0 Å². The van der Waals surface area contributed by atoms with Crippen molar-refractivity contribution < 1.29 is 31.1 Å². The van der Waals surface area contributed by atoms with Gasteiger partial charge in [0.15, 0.2) is 0 Å². The van der Waals surface area contributed by atoms with E-state index in [2.05, 4.69) is 9.84 Å². The lowest BCUT2D eigenvalue weighted by molar-refractivity contribution is -0.278. The zero-order valence-corrected chi connectivity index (χ0v) is 6.93. The van der Waals surface area contributed by atoms with Crippen molar-refractivity contribution in [1.29, 1.82) is 0 Å². The third kappa shape index (κ3) is 3.33. The summed E-state index contributed by atoms with van der Waals surface area (Å²) in [6, 6.07) is 0. The molecule has 0 saturated heterocycles. The standard InChI is InChI=1S/C6H4F6N2O/c7-3-1-13-14(2-4(8)9)5(3)15-6(10,11)12/h1,4H,2H2. The average molecular weight is 234 g/mol. The van der Waals surface area contributed by atoms with E-state index in [1.807, 2.05) is 0 Å². The highest BCUT2D eigenvalue weighted by molar-refractivity contribution is 5.11. The van der Waals surface area contributed by atoms with E-state index in [0.29, 0.717) is 6.20 Å². The first-order valence-corrected chi connectivity index (χ1v) is 3.55. The van der Waals surface area contributed by atoms with Gasteiger partial charge in [-0.1, -0.05) is 0 Å². The zero-order valence-electron chi connectivity index (χ0n) is 6.93. The minimum absolute atomic E-state index is 0.105. The fourth-order valence-electron chi connectivity index (χ4n) is 0.823. The van der Waals surface area contributed by atoms with Crippen molar-refractivity contribution in [3.63, 3.8) is 0 Å². The molecule has 0 spiro atoms. The second-order valence-corrected chi connectivity index (χ2v) is 2.42. The van der Waals surface area contributed by atoms with Crippen molar-refractivity contribution in [3.8, 4) is 5.88 Å². The molecular weight excluding hydrogens is 230 g/mol. The van der Waals surface area contributed by atoms with Crippen LogP contribution in [0.4, 0.5) is 26.3 Å². The summed E-state index contributed by atoms with van der Waals surface area (Å²) in [6.07, 6.45) is -7.75. The van der Waals surface area contributed by atoms with Crippen molar-refractivity contribution in [2.24, 2.45) is 0 Å². The molecule has 0 fully saturated rings. The third-order valence-corrected chi connectivity index (χ3v) is 1.27. The highest BCUT2D eigenvalue weighted by atomic mass is 19.4. The van der Waals surface area contributed by atoms with E-state index in [4.69, 9.17) is 0 Å². The Bertz CT molecular complexity index is 333. The molecule has 1 rings (SSSR count). The lowest BCUT2D eigenvalue weighted by atomic mass is 10.6. The Morgan fingerprint density at radius 1 is 1.40 bits per heavy atom. The first kappa shape index (κ1) is 11.7. The molecule has 0 N–H and O–H groups in total. The number of aromatic nitrogens is 2. The number of ether oxygens (including phenoxy) is 1. The van der Waals surface area contributed by atoms with E-state index in [1.165, 1.54) is 0 Å². The van der Waals surface area contributed by atoms with Crippen molar-refractivity contribution in [2.75, 3.05) is 0 Å². The number of hydrogen-bond acceptors (Lipinski definition) is 2. The van der Waals surface area contributed by atoms with Gasteiger partial charge in [-0.2, -0.15) is 9.49 Å². The summed E-state index contributed by atoms with van der Waals surface area (Å²) in [5.41, 5.74) is 0.